The monoisotopic (exact) mass is 322 g/mol. The van der Waals surface area contributed by atoms with Crippen LogP contribution in [0, 0.1) is 0 Å². The van der Waals surface area contributed by atoms with Crippen molar-refractivity contribution in [2.24, 2.45) is 0 Å². The standard InChI is InChI=1S/C19H22N4O/c1-23(2)13-14-7-9-16(10-8-14)19-21-18(24-22-19)12-11-15-5-3-4-6-17(15)20/h3-10H,11-13,20H2,1-2H3. The average molecular weight is 322 g/mol. The molecule has 0 saturated heterocycles. The Hall–Kier alpha value is -2.66. The van der Waals surface area contributed by atoms with Gasteiger partial charge in [0.1, 0.15) is 0 Å². The fraction of sp³-hybridized carbons (Fsp3) is 0.263. The van der Waals surface area contributed by atoms with Crippen molar-refractivity contribution in [1.82, 2.24) is 15.0 Å². The van der Waals surface area contributed by atoms with Crippen molar-refractivity contribution in [3.8, 4) is 11.4 Å². The Bertz CT molecular complexity index is 793. The number of aromatic nitrogens is 2. The minimum atomic E-state index is 0.627. The van der Waals surface area contributed by atoms with Crippen LogP contribution in [-0.4, -0.2) is 29.1 Å². The molecule has 124 valence electrons. The zero-order valence-electron chi connectivity index (χ0n) is 14.1. The number of nitrogens with two attached hydrogens (primary N) is 1. The third-order valence-corrected chi connectivity index (χ3v) is 3.84. The van der Waals surface area contributed by atoms with Crippen molar-refractivity contribution in [3.05, 3.63) is 65.5 Å². The lowest BCUT2D eigenvalue weighted by atomic mass is 10.1. The van der Waals surface area contributed by atoms with Crippen LogP contribution in [0.2, 0.25) is 0 Å². The fourth-order valence-corrected chi connectivity index (χ4v) is 2.60. The fourth-order valence-electron chi connectivity index (χ4n) is 2.60. The number of nitrogens with zero attached hydrogens (tertiary/aromatic N) is 3. The predicted molar refractivity (Wildman–Crippen MR) is 95.4 cm³/mol. The third-order valence-electron chi connectivity index (χ3n) is 3.84. The average Bonchev–Trinajstić information content (AvgIpc) is 3.03. The smallest absolute Gasteiger partial charge is 0.227 e. The molecule has 0 saturated carbocycles. The molecule has 0 aliphatic carbocycles. The highest BCUT2D eigenvalue weighted by molar-refractivity contribution is 5.54. The summed E-state index contributed by atoms with van der Waals surface area (Å²) in [6.07, 6.45) is 1.47. The number of nitrogen functional groups attached to an aromatic ring is 1. The maximum Gasteiger partial charge on any atom is 0.227 e. The normalized spacial score (nSPS) is 11.1. The molecule has 5 nitrogen and oxygen atoms in total. The highest BCUT2D eigenvalue weighted by Crippen LogP contribution is 2.19. The summed E-state index contributed by atoms with van der Waals surface area (Å²) < 4.78 is 5.37. The van der Waals surface area contributed by atoms with E-state index in [0.29, 0.717) is 18.1 Å². The summed E-state index contributed by atoms with van der Waals surface area (Å²) >= 11 is 0. The van der Waals surface area contributed by atoms with Gasteiger partial charge in [0, 0.05) is 24.2 Å². The highest BCUT2D eigenvalue weighted by Gasteiger charge is 2.09. The van der Waals surface area contributed by atoms with E-state index < -0.39 is 0 Å². The van der Waals surface area contributed by atoms with Crippen LogP contribution in [0.4, 0.5) is 5.69 Å². The number of para-hydroxylation sites is 1. The van der Waals surface area contributed by atoms with Crippen LogP contribution in [0.25, 0.3) is 11.4 Å². The van der Waals surface area contributed by atoms with Gasteiger partial charge in [-0.15, -0.1) is 0 Å². The topological polar surface area (TPSA) is 68.2 Å². The number of benzene rings is 2. The van der Waals surface area contributed by atoms with Crippen LogP contribution in [0.1, 0.15) is 17.0 Å². The molecule has 2 aromatic carbocycles. The molecule has 3 aromatic rings. The maximum atomic E-state index is 5.96. The molecule has 0 spiro atoms. The van der Waals surface area contributed by atoms with Crippen molar-refractivity contribution in [2.45, 2.75) is 19.4 Å². The van der Waals surface area contributed by atoms with E-state index in [-0.39, 0.29) is 0 Å². The summed E-state index contributed by atoms with van der Waals surface area (Å²) in [5, 5.41) is 4.08. The Labute approximate surface area is 142 Å². The summed E-state index contributed by atoms with van der Waals surface area (Å²) in [7, 11) is 4.11. The van der Waals surface area contributed by atoms with E-state index in [2.05, 4.69) is 41.3 Å². The van der Waals surface area contributed by atoms with E-state index in [9.17, 15) is 0 Å². The summed E-state index contributed by atoms with van der Waals surface area (Å²) in [5.41, 5.74) is 10.1. The van der Waals surface area contributed by atoms with E-state index in [1.807, 2.05) is 36.4 Å². The predicted octanol–water partition coefficient (Wildman–Crippen LogP) is 3.17. The van der Waals surface area contributed by atoms with Gasteiger partial charge >= 0.3 is 0 Å². The summed E-state index contributed by atoms with van der Waals surface area (Å²) in [6.45, 7) is 0.913. The molecule has 1 aromatic heterocycles. The second-order valence-electron chi connectivity index (χ2n) is 6.15. The van der Waals surface area contributed by atoms with E-state index in [1.165, 1.54) is 5.56 Å². The van der Waals surface area contributed by atoms with Gasteiger partial charge in [-0.3, -0.25) is 0 Å². The lowest BCUT2D eigenvalue weighted by molar-refractivity contribution is 0.379. The van der Waals surface area contributed by atoms with Crippen LogP contribution < -0.4 is 5.73 Å². The summed E-state index contributed by atoms with van der Waals surface area (Å²) in [6, 6.07) is 16.1. The molecule has 1 heterocycles. The van der Waals surface area contributed by atoms with Gasteiger partial charge in [-0.05, 0) is 37.7 Å². The number of hydrogen-bond acceptors (Lipinski definition) is 5. The van der Waals surface area contributed by atoms with Crippen LogP contribution >= 0.6 is 0 Å². The molecule has 0 amide bonds. The molecule has 0 fully saturated rings. The SMILES string of the molecule is CN(C)Cc1ccc(-c2noc(CCc3ccccc3N)n2)cc1. The first-order chi connectivity index (χ1) is 11.6. The molecular weight excluding hydrogens is 300 g/mol. The van der Waals surface area contributed by atoms with Crippen LogP contribution in [0.15, 0.2) is 53.1 Å². The van der Waals surface area contributed by atoms with Gasteiger partial charge in [0.2, 0.25) is 11.7 Å². The summed E-state index contributed by atoms with van der Waals surface area (Å²) in [5.74, 6) is 1.26. The minimum Gasteiger partial charge on any atom is -0.399 e. The molecule has 0 aliphatic heterocycles. The largest absolute Gasteiger partial charge is 0.399 e. The molecule has 0 bridgehead atoms. The van der Waals surface area contributed by atoms with Gasteiger partial charge in [-0.25, -0.2) is 0 Å². The zero-order valence-corrected chi connectivity index (χ0v) is 14.1. The van der Waals surface area contributed by atoms with Gasteiger partial charge in [-0.2, -0.15) is 4.98 Å². The Kier molecular flexibility index (Phi) is 4.91. The molecule has 0 unspecified atom stereocenters. The van der Waals surface area contributed by atoms with Crippen molar-refractivity contribution in [2.75, 3.05) is 19.8 Å². The van der Waals surface area contributed by atoms with Gasteiger partial charge < -0.3 is 15.2 Å². The molecule has 5 heteroatoms. The lowest BCUT2D eigenvalue weighted by Crippen LogP contribution is -2.10. The molecule has 0 aliphatic rings. The molecule has 2 N–H and O–H groups in total. The Balaban J connectivity index is 1.66. The zero-order chi connectivity index (χ0) is 16.9. The number of aryl methyl sites for hydroxylation is 2. The number of rotatable bonds is 6. The first-order valence-electron chi connectivity index (χ1n) is 8.02. The quantitative estimate of drug-likeness (QED) is 0.706. The van der Waals surface area contributed by atoms with Gasteiger partial charge in [0.15, 0.2) is 0 Å². The first-order valence-corrected chi connectivity index (χ1v) is 8.02. The Morgan fingerprint density at radius 2 is 1.75 bits per heavy atom. The Morgan fingerprint density at radius 3 is 2.46 bits per heavy atom. The van der Waals surface area contributed by atoms with Crippen molar-refractivity contribution >= 4 is 5.69 Å². The van der Waals surface area contributed by atoms with Crippen LogP contribution in [0.3, 0.4) is 0 Å². The van der Waals surface area contributed by atoms with Crippen molar-refractivity contribution < 1.29 is 4.52 Å². The Morgan fingerprint density at radius 1 is 1.00 bits per heavy atom. The molecule has 0 radical (unpaired) electrons. The first kappa shape index (κ1) is 16.2. The summed E-state index contributed by atoms with van der Waals surface area (Å²) in [4.78, 5) is 6.62. The van der Waals surface area contributed by atoms with Crippen LogP contribution in [0.5, 0.6) is 0 Å². The number of anilines is 1. The molecule has 3 rings (SSSR count). The van der Waals surface area contributed by atoms with E-state index in [0.717, 1.165) is 29.8 Å². The number of hydrogen-bond donors (Lipinski definition) is 1. The van der Waals surface area contributed by atoms with Gasteiger partial charge in [0.05, 0.1) is 0 Å². The van der Waals surface area contributed by atoms with E-state index in [4.69, 9.17) is 10.3 Å². The molecule has 24 heavy (non-hydrogen) atoms. The second kappa shape index (κ2) is 7.27. The molecule has 0 atom stereocenters. The van der Waals surface area contributed by atoms with Crippen LogP contribution in [-0.2, 0) is 19.4 Å². The highest BCUT2D eigenvalue weighted by atomic mass is 16.5. The van der Waals surface area contributed by atoms with Gasteiger partial charge in [0.25, 0.3) is 0 Å². The lowest BCUT2D eigenvalue weighted by Gasteiger charge is -2.09. The maximum absolute atomic E-state index is 5.96. The minimum absolute atomic E-state index is 0.627. The third kappa shape index (κ3) is 4.00. The van der Waals surface area contributed by atoms with E-state index >= 15 is 0 Å². The van der Waals surface area contributed by atoms with Gasteiger partial charge in [-0.1, -0.05) is 47.6 Å². The second-order valence-corrected chi connectivity index (χ2v) is 6.15. The van der Waals surface area contributed by atoms with Crippen molar-refractivity contribution in [1.29, 1.82) is 0 Å². The van der Waals surface area contributed by atoms with Crippen molar-refractivity contribution in [3.63, 3.8) is 0 Å². The van der Waals surface area contributed by atoms with E-state index in [1.54, 1.807) is 0 Å². The molecular formula is C19H22N4O.